The Morgan fingerprint density at radius 3 is 2.80 bits per heavy atom. The molecule has 152 valence electrons. The van der Waals surface area contributed by atoms with Gasteiger partial charge in [0.25, 0.3) is 5.91 Å². The number of aromatic nitrogens is 5. The number of piperidine rings is 1. The van der Waals surface area contributed by atoms with Crippen molar-refractivity contribution in [3.8, 4) is 17.1 Å². The van der Waals surface area contributed by atoms with Crippen molar-refractivity contribution in [1.82, 2.24) is 29.6 Å². The minimum Gasteiger partial charge on any atom is -0.388 e. The molecule has 1 aliphatic rings. The predicted molar refractivity (Wildman–Crippen MR) is 112 cm³/mol. The van der Waals surface area contributed by atoms with Crippen molar-refractivity contribution in [2.45, 2.75) is 25.4 Å². The highest BCUT2D eigenvalue weighted by Gasteiger charge is 2.31. The van der Waals surface area contributed by atoms with Crippen LogP contribution in [0.1, 0.15) is 30.1 Å². The quantitative estimate of drug-likeness (QED) is 0.549. The molecule has 8 nitrogen and oxygen atoms in total. The topological polar surface area (TPSA) is 99.9 Å². The van der Waals surface area contributed by atoms with Crippen molar-refractivity contribution in [2.75, 3.05) is 13.1 Å². The number of benzene rings is 1. The Labute approximate surface area is 173 Å². The summed E-state index contributed by atoms with van der Waals surface area (Å²) in [5, 5.41) is 19.0. The summed E-state index contributed by atoms with van der Waals surface area (Å²) in [6, 6.07) is 11.8. The minimum absolute atomic E-state index is 0.0893. The second-order valence-electron chi connectivity index (χ2n) is 8.03. The molecule has 1 aliphatic heterocycles. The van der Waals surface area contributed by atoms with E-state index >= 15 is 0 Å². The van der Waals surface area contributed by atoms with Crippen molar-refractivity contribution < 1.29 is 9.90 Å². The Morgan fingerprint density at radius 1 is 1.23 bits per heavy atom. The summed E-state index contributed by atoms with van der Waals surface area (Å²) in [5.74, 6) is 0.630. The number of hydrogen-bond donors (Lipinski definition) is 2. The van der Waals surface area contributed by atoms with Crippen LogP contribution >= 0.6 is 0 Å². The van der Waals surface area contributed by atoms with E-state index in [2.05, 4.69) is 20.2 Å². The average molecular weight is 402 g/mol. The van der Waals surface area contributed by atoms with E-state index in [1.807, 2.05) is 47.2 Å². The number of H-pyrrole nitrogens is 1. The van der Waals surface area contributed by atoms with Crippen LogP contribution in [-0.2, 0) is 0 Å². The summed E-state index contributed by atoms with van der Waals surface area (Å²) in [7, 11) is 0. The zero-order valence-electron chi connectivity index (χ0n) is 16.6. The van der Waals surface area contributed by atoms with Gasteiger partial charge in [-0.3, -0.25) is 4.79 Å². The number of pyridine rings is 1. The average Bonchev–Trinajstić information content (AvgIpc) is 3.42. The van der Waals surface area contributed by atoms with Gasteiger partial charge in [0.15, 0.2) is 5.82 Å². The molecular weight excluding hydrogens is 380 g/mol. The molecule has 1 aromatic carbocycles. The first-order valence-electron chi connectivity index (χ1n) is 9.96. The van der Waals surface area contributed by atoms with Crippen molar-refractivity contribution in [3.05, 3.63) is 60.7 Å². The Morgan fingerprint density at radius 2 is 2.07 bits per heavy atom. The fourth-order valence-electron chi connectivity index (χ4n) is 4.05. The number of rotatable bonds is 3. The van der Waals surface area contributed by atoms with Gasteiger partial charge in [-0.2, -0.15) is 0 Å². The minimum atomic E-state index is -0.827. The summed E-state index contributed by atoms with van der Waals surface area (Å²) in [5.41, 5.74) is 2.41. The highest BCUT2D eigenvalue weighted by atomic mass is 16.3. The van der Waals surface area contributed by atoms with E-state index < -0.39 is 5.60 Å². The van der Waals surface area contributed by atoms with Crippen LogP contribution in [0.25, 0.3) is 28.1 Å². The number of nitrogens with one attached hydrogen (secondary N) is 1. The molecule has 1 fully saturated rings. The molecular formula is C22H22N6O2. The summed E-state index contributed by atoms with van der Waals surface area (Å²) < 4.78 is 1.99. The smallest absolute Gasteiger partial charge is 0.255 e. The van der Waals surface area contributed by atoms with Crippen molar-refractivity contribution in [3.63, 3.8) is 0 Å². The fraction of sp³-hybridized carbons (Fsp3) is 0.273. The highest BCUT2D eigenvalue weighted by molar-refractivity contribution is 5.97. The van der Waals surface area contributed by atoms with E-state index in [1.54, 1.807) is 24.3 Å². The molecule has 8 heteroatoms. The number of fused-ring (bicyclic) bond motifs is 1. The van der Waals surface area contributed by atoms with E-state index in [-0.39, 0.29) is 5.91 Å². The maximum atomic E-state index is 12.9. The zero-order chi connectivity index (χ0) is 20.7. The van der Waals surface area contributed by atoms with Gasteiger partial charge >= 0.3 is 0 Å². The highest BCUT2D eigenvalue weighted by Crippen LogP contribution is 2.25. The van der Waals surface area contributed by atoms with Gasteiger partial charge in [-0.25, -0.2) is 4.98 Å². The standard InChI is InChI=1S/C22H22N6O2/c1-22(30)8-2-9-27(13-22)21(29)17-11-16-7-10-28(20(16)23-12-17)18-5-3-15(4-6-18)19-24-14-25-26-19/h3-7,10-12,14,30H,2,8-9,13H2,1H3,(H,24,25,26)/t22-/m0/s1. The lowest BCUT2D eigenvalue weighted by atomic mass is 9.95. The Balaban J connectivity index is 1.42. The van der Waals surface area contributed by atoms with Gasteiger partial charge in [-0.1, -0.05) is 0 Å². The first kappa shape index (κ1) is 18.5. The third kappa shape index (κ3) is 3.35. The molecule has 4 aromatic rings. The van der Waals surface area contributed by atoms with Crippen LogP contribution in [-0.4, -0.2) is 59.3 Å². The molecule has 0 saturated carbocycles. The number of aliphatic hydroxyl groups is 1. The van der Waals surface area contributed by atoms with Crippen LogP contribution in [0.4, 0.5) is 0 Å². The van der Waals surface area contributed by atoms with E-state index in [4.69, 9.17) is 0 Å². The monoisotopic (exact) mass is 402 g/mol. The lowest BCUT2D eigenvalue weighted by Gasteiger charge is -2.36. The molecule has 4 heterocycles. The predicted octanol–water partition coefficient (Wildman–Crippen LogP) is 2.80. The molecule has 2 N–H and O–H groups in total. The largest absolute Gasteiger partial charge is 0.388 e. The van der Waals surface area contributed by atoms with Crippen molar-refractivity contribution in [2.24, 2.45) is 0 Å². The molecule has 0 radical (unpaired) electrons. The molecule has 0 bridgehead atoms. The fourth-order valence-corrected chi connectivity index (χ4v) is 4.05. The second-order valence-corrected chi connectivity index (χ2v) is 8.03. The Kier molecular flexibility index (Phi) is 4.36. The summed E-state index contributed by atoms with van der Waals surface area (Å²) in [4.78, 5) is 22.2. The summed E-state index contributed by atoms with van der Waals surface area (Å²) >= 11 is 0. The number of carbonyl (C=O) groups excluding carboxylic acids is 1. The maximum absolute atomic E-state index is 12.9. The third-order valence-corrected chi connectivity index (χ3v) is 5.57. The second kappa shape index (κ2) is 7.07. The van der Waals surface area contributed by atoms with Crippen LogP contribution < -0.4 is 0 Å². The van der Waals surface area contributed by atoms with E-state index in [0.717, 1.165) is 34.5 Å². The van der Waals surface area contributed by atoms with Gasteiger partial charge in [-0.15, -0.1) is 10.2 Å². The molecule has 1 saturated heterocycles. The van der Waals surface area contributed by atoms with Crippen LogP contribution in [0.15, 0.2) is 55.1 Å². The number of β-amino-alcohol motifs (C(OH)–C–C–N with tert-alkyl or cyclic N) is 1. The lowest BCUT2D eigenvalue weighted by Crippen LogP contribution is -2.48. The third-order valence-electron chi connectivity index (χ3n) is 5.57. The maximum Gasteiger partial charge on any atom is 0.255 e. The molecule has 0 unspecified atom stereocenters. The van der Waals surface area contributed by atoms with Crippen LogP contribution in [0.2, 0.25) is 0 Å². The number of aromatic amines is 1. The summed E-state index contributed by atoms with van der Waals surface area (Å²) in [6.45, 7) is 2.79. The van der Waals surface area contributed by atoms with E-state index in [9.17, 15) is 9.90 Å². The number of amides is 1. The Bertz CT molecular complexity index is 1190. The molecule has 1 atom stereocenters. The van der Waals surface area contributed by atoms with E-state index in [0.29, 0.717) is 25.1 Å². The number of hydrogen-bond acceptors (Lipinski definition) is 5. The van der Waals surface area contributed by atoms with Gasteiger partial charge in [0.05, 0.1) is 11.2 Å². The number of carbonyl (C=O) groups is 1. The molecule has 1 amide bonds. The Hall–Kier alpha value is -3.52. The van der Waals surface area contributed by atoms with Crippen LogP contribution in [0.3, 0.4) is 0 Å². The summed E-state index contributed by atoms with van der Waals surface area (Å²) in [6.07, 6.45) is 6.63. The normalized spacial score (nSPS) is 19.3. The first-order chi connectivity index (χ1) is 14.5. The van der Waals surface area contributed by atoms with Gasteiger partial charge in [0.2, 0.25) is 0 Å². The zero-order valence-corrected chi connectivity index (χ0v) is 16.6. The molecule has 3 aromatic heterocycles. The molecule has 0 aliphatic carbocycles. The number of likely N-dealkylation sites (tertiary alicyclic amines) is 1. The van der Waals surface area contributed by atoms with E-state index in [1.165, 1.54) is 0 Å². The van der Waals surface area contributed by atoms with Gasteiger partial charge < -0.3 is 19.6 Å². The van der Waals surface area contributed by atoms with Gasteiger partial charge in [0, 0.05) is 42.1 Å². The molecule has 0 spiro atoms. The SMILES string of the molecule is C[C@]1(O)CCCN(C(=O)c2cnc3c(ccn3-c3ccc(-c4nnc[nH]4)cc3)c2)C1. The molecule has 30 heavy (non-hydrogen) atoms. The van der Waals surface area contributed by atoms with Crippen LogP contribution in [0, 0.1) is 0 Å². The van der Waals surface area contributed by atoms with Gasteiger partial charge in [0.1, 0.15) is 12.0 Å². The van der Waals surface area contributed by atoms with Crippen LogP contribution in [0.5, 0.6) is 0 Å². The van der Waals surface area contributed by atoms with Gasteiger partial charge in [-0.05, 0) is 56.2 Å². The first-order valence-corrected chi connectivity index (χ1v) is 9.96. The van der Waals surface area contributed by atoms with Crippen molar-refractivity contribution >= 4 is 16.9 Å². The van der Waals surface area contributed by atoms with Crippen molar-refractivity contribution in [1.29, 1.82) is 0 Å². The number of nitrogens with zero attached hydrogens (tertiary/aromatic N) is 5. The molecule has 5 rings (SSSR count). The lowest BCUT2D eigenvalue weighted by molar-refractivity contribution is -0.0107.